The normalized spacial score (nSPS) is 15.0. The number of methoxy groups -OCH3 is 1. The molecule has 3 heterocycles. The fourth-order valence-corrected chi connectivity index (χ4v) is 4.71. The van der Waals surface area contributed by atoms with Crippen molar-refractivity contribution in [3.8, 4) is 34.7 Å². The first-order valence-electron chi connectivity index (χ1n) is 9.95. The van der Waals surface area contributed by atoms with Crippen molar-refractivity contribution in [2.45, 2.75) is 25.3 Å². The van der Waals surface area contributed by atoms with Crippen molar-refractivity contribution in [1.82, 2.24) is 14.7 Å². The highest BCUT2D eigenvalue weighted by Gasteiger charge is 2.30. The van der Waals surface area contributed by atoms with Crippen LogP contribution < -0.4 is 4.74 Å². The Morgan fingerprint density at radius 3 is 2.94 bits per heavy atom. The summed E-state index contributed by atoms with van der Waals surface area (Å²) in [6.45, 7) is 0.735. The first kappa shape index (κ1) is 20.1. The van der Waals surface area contributed by atoms with Gasteiger partial charge in [-0.05, 0) is 42.8 Å². The van der Waals surface area contributed by atoms with Crippen LogP contribution in [0.3, 0.4) is 0 Å². The molecule has 8 nitrogen and oxygen atoms in total. The van der Waals surface area contributed by atoms with Gasteiger partial charge >= 0.3 is 5.97 Å². The Balaban J connectivity index is 1.54. The van der Waals surface area contributed by atoms with E-state index in [1.54, 1.807) is 18.2 Å². The van der Waals surface area contributed by atoms with E-state index in [1.165, 1.54) is 7.11 Å². The summed E-state index contributed by atoms with van der Waals surface area (Å²) in [5.74, 6) is 0.235. The summed E-state index contributed by atoms with van der Waals surface area (Å²) in [6.07, 6.45) is 0.820. The van der Waals surface area contributed by atoms with E-state index in [4.69, 9.17) is 20.9 Å². The molecule has 0 aliphatic carbocycles. The van der Waals surface area contributed by atoms with Gasteiger partial charge in [0.25, 0.3) is 5.89 Å². The van der Waals surface area contributed by atoms with Gasteiger partial charge in [-0.2, -0.15) is 10.2 Å². The number of fused-ring (bicyclic) bond motifs is 3. The lowest BCUT2D eigenvalue weighted by molar-refractivity contribution is -0.137. The lowest BCUT2D eigenvalue weighted by Crippen LogP contribution is -2.03. The van der Waals surface area contributed by atoms with Crippen LogP contribution in [0.1, 0.15) is 30.0 Å². The van der Waals surface area contributed by atoms with Crippen LogP contribution in [0.5, 0.6) is 5.75 Å². The molecule has 0 fully saturated rings. The van der Waals surface area contributed by atoms with Crippen LogP contribution in [-0.2, 0) is 11.3 Å². The molecule has 1 N–H and O–H groups in total. The zero-order chi connectivity index (χ0) is 22.4. The topological polar surface area (TPSA) is 114 Å². The lowest BCUT2D eigenvalue weighted by atomic mass is 10.00. The average molecular weight is 449 g/mol. The van der Waals surface area contributed by atoms with Crippen molar-refractivity contribution in [3.05, 3.63) is 52.7 Å². The Bertz CT molecular complexity index is 1420. The zero-order valence-electron chi connectivity index (χ0n) is 17.0. The van der Waals surface area contributed by atoms with E-state index in [1.807, 2.05) is 18.2 Å². The summed E-state index contributed by atoms with van der Waals surface area (Å²) in [4.78, 5) is 15.7. The molecule has 1 aliphatic rings. The number of aromatic nitrogens is 3. The molecule has 1 aliphatic heterocycles. The molecule has 0 amide bonds. The van der Waals surface area contributed by atoms with Gasteiger partial charge in [-0.15, -0.1) is 0 Å². The minimum atomic E-state index is -0.832. The molecule has 160 valence electrons. The highest BCUT2D eigenvalue weighted by atomic mass is 35.5. The smallest absolute Gasteiger partial charge is 0.304 e. The van der Waals surface area contributed by atoms with E-state index in [-0.39, 0.29) is 18.2 Å². The molecule has 4 aromatic rings. The summed E-state index contributed by atoms with van der Waals surface area (Å²) in [6, 6.07) is 12.8. The van der Waals surface area contributed by atoms with Crippen molar-refractivity contribution >= 4 is 28.5 Å². The third-order valence-electron chi connectivity index (χ3n) is 5.75. The summed E-state index contributed by atoms with van der Waals surface area (Å²) >= 11 is 6.69. The van der Waals surface area contributed by atoms with Gasteiger partial charge in [-0.1, -0.05) is 16.8 Å². The highest BCUT2D eigenvalue weighted by Crippen LogP contribution is 2.43. The van der Waals surface area contributed by atoms with Crippen LogP contribution in [0.25, 0.3) is 33.7 Å². The summed E-state index contributed by atoms with van der Waals surface area (Å²) in [7, 11) is 1.52. The Kier molecular flexibility index (Phi) is 4.83. The second kappa shape index (κ2) is 7.70. The maximum atomic E-state index is 11.2. The fraction of sp³-hybridized carbons (Fsp3) is 0.217. The molecule has 1 unspecified atom stereocenters. The summed E-state index contributed by atoms with van der Waals surface area (Å²) in [5.41, 5.74) is 3.55. The summed E-state index contributed by atoms with van der Waals surface area (Å²) in [5, 5.41) is 23.9. The number of carboxylic acids is 1. The van der Waals surface area contributed by atoms with Crippen LogP contribution in [0.4, 0.5) is 0 Å². The summed E-state index contributed by atoms with van der Waals surface area (Å²) < 4.78 is 12.8. The monoisotopic (exact) mass is 448 g/mol. The quantitative estimate of drug-likeness (QED) is 0.463. The van der Waals surface area contributed by atoms with Crippen molar-refractivity contribution in [1.29, 1.82) is 5.26 Å². The number of nitriles is 1. The molecule has 2 aromatic carbocycles. The van der Waals surface area contributed by atoms with Crippen molar-refractivity contribution < 1.29 is 19.2 Å². The van der Waals surface area contributed by atoms with Gasteiger partial charge in [0, 0.05) is 40.2 Å². The van der Waals surface area contributed by atoms with E-state index in [0.29, 0.717) is 27.7 Å². The number of rotatable bonds is 5. The Morgan fingerprint density at radius 2 is 2.19 bits per heavy atom. The third kappa shape index (κ3) is 3.27. The first-order chi connectivity index (χ1) is 15.5. The largest absolute Gasteiger partial charge is 0.497 e. The first-order valence-corrected chi connectivity index (χ1v) is 10.3. The minimum Gasteiger partial charge on any atom is -0.497 e. The number of hydrogen-bond donors (Lipinski definition) is 1. The molecule has 5 rings (SSSR count). The predicted octanol–water partition coefficient (Wildman–Crippen LogP) is 4.85. The standard InChI is InChI=1S/C23H17ClN4O4/c1-31-16-7-12(11-25)6-15(8-16)23-26-22(27-32-23)14-2-3-18-17(9-14)20(24)21-13(10-19(29)30)4-5-28(18)21/h2-3,6-9,13H,4-5,10H2,1H3,(H,29,30). The second-order valence-corrected chi connectivity index (χ2v) is 8.03. The molecule has 0 spiro atoms. The number of carbonyl (C=O) groups is 1. The van der Waals surface area contributed by atoms with Crippen LogP contribution in [0.15, 0.2) is 40.9 Å². The number of aliphatic carboxylic acids is 1. The van der Waals surface area contributed by atoms with Gasteiger partial charge in [0.05, 0.1) is 30.2 Å². The van der Waals surface area contributed by atoms with Gasteiger partial charge in [0.1, 0.15) is 5.75 Å². The van der Waals surface area contributed by atoms with Gasteiger partial charge in [-0.3, -0.25) is 4.79 Å². The Labute approximate surface area is 187 Å². The number of benzene rings is 2. The van der Waals surface area contributed by atoms with Gasteiger partial charge in [-0.25, -0.2) is 0 Å². The van der Waals surface area contributed by atoms with E-state index < -0.39 is 5.97 Å². The molecule has 0 radical (unpaired) electrons. The van der Waals surface area contributed by atoms with Crippen molar-refractivity contribution in [2.75, 3.05) is 7.11 Å². The number of carboxylic acid groups (broad SMARTS) is 1. The van der Waals surface area contributed by atoms with E-state index >= 15 is 0 Å². The highest BCUT2D eigenvalue weighted by molar-refractivity contribution is 6.36. The predicted molar refractivity (Wildman–Crippen MR) is 117 cm³/mol. The maximum absolute atomic E-state index is 11.2. The average Bonchev–Trinajstić information content (AvgIpc) is 3.50. The molecule has 0 saturated carbocycles. The molecule has 2 aromatic heterocycles. The van der Waals surface area contributed by atoms with Gasteiger partial charge < -0.3 is 18.9 Å². The third-order valence-corrected chi connectivity index (χ3v) is 6.15. The van der Waals surface area contributed by atoms with Crippen molar-refractivity contribution in [3.63, 3.8) is 0 Å². The molecule has 9 heteroatoms. The lowest BCUT2D eigenvalue weighted by Gasteiger charge is -2.06. The van der Waals surface area contributed by atoms with E-state index in [9.17, 15) is 15.2 Å². The minimum absolute atomic E-state index is 0.0579. The van der Waals surface area contributed by atoms with Gasteiger partial charge in [0.2, 0.25) is 5.82 Å². The maximum Gasteiger partial charge on any atom is 0.304 e. The van der Waals surface area contributed by atoms with Gasteiger partial charge in [0.15, 0.2) is 0 Å². The number of halogens is 1. The fourth-order valence-electron chi connectivity index (χ4n) is 4.31. The Morgan fingerprint density at radius 1 is 1.34 bits per heavy atom. The van der Waals surface area contributed by atoms with Crippen LogP contribution in [0.2, 0.25) is 5.02 Å². The van der Waals surface area contributed by atoms with E-state index in [2.05, 4.69) is 20.8 Å². The van der Waals surface area contributed by atoms with Crippen LogP contribution in [0, 0.1) is 11.3 Å². The molecule has 0 saturated heterocycles. The second-order valence-electron chi connectivity index (χ2n) is 7.65. The Hall–Kier alpha value is -3.83. The molecule has 0 bridgehead atoms. The number of hydrogen-bond acceptors (Lipinski definition) is 6. The van der Waals surface area contributed by atoms with Crippen LogP contribution in [-0.4, -0.2) is 32.9 Å². The van der Waals surface area contributed by atoms with Crippen LogP contribution >= 0.6 is 11.6 Å². The number of aryl methyl sites for hydroxylation is 1. The molecular weight excluding hydrogens is 432 g/mol. The molecular formula is C23H17ClN4O4. The SMILES string of the molecule is COc1cc(C#N)cc(-c2nc(-c3ccc4c(c3)c(Cl)c3n4CCC3CC(=O)O)no2)c1. The molecule has 1 atom stereocenters. The number of nitrogens with zero attached hydrogens (tertiary/aromatic N) is 4. The van der Waals surface area contributed by atoms with Crippen molar-refractivity contribution in [2.24, 2.45) is 0 Å². The number of ether oxygens (including phenoxy) is 1. The zero-order valence-corrected chi connectivity index (χ0v) is 17.8. The molecule has 32 heavy (non-hydrogen) atoms. The van der Waals surface area contributed by atoms with E-state index in [0.717, 1.165) is 35.1 Å².